The van der Waals surface area contributed by atoms with Gasteiger partial charge in [0.1, 0.15) is 11.4 Å². The van der Waals surface area contributed by atoms with E-state index in [0.717, 1.165) is 36.6 Å². The number of hydrogen-bond acceptors (Lipinski definition) is 5. The van der Waals surface area contributed by atoms with Gasteiger partial charge in [-0.3, -0.25) is 14.3 Å². The van der Waals surface area contributed by atoms with Crippen LogP contribution in [-0.2, 0) is 11.3 Å². The fraction of sp³-hybridized carbons (Fsp3) is 0.500. The largest absolute Gasteiger partial charge is 0.341 e. The molecular weight excluding hydrogens is 326 g/mol. The average molecular weight is 347 g/mol. The Labute approximate surface area is 144 Å². The predicted molar refractivity (Wildman–Crippen MR) is 92.2 cm³/mol. The van der Waals surface area contributed by atoms with Crippen molar-refractivity contribution < 1.29 is 9.59 Å². The molecule has 0 aliphatic carbocycles. The molecule has 0 bridgehead atoms. The molecule has 24 heavy (non-hydrogen) atoms. The molecule has 1 aliphatic rings. The van der Waals surface area contributed by atoms with Crippen molar-refractivity contribution in [3.05, 3.63) is 28.0 Å². The summed E-state index contributed by atoms with van der Waals surface area (Å²) in [5.74, 6) is -0.121. The first-order chi connectivity index (χ1) is 11.5. The first-order valence-corrected chi connectivity index (χ1v) is 8.90. The van der Waals surface area contributed by atoms with Crippen LogP contribution in [0.4, 0.5) is 5.69 Å². The number of anilines is 1. The molecule has 2 aromatic heterocycles. The van der Waals surface area contributed by atoms with Crippen molar-refractivity contribution in [1.29, 1.82) is 0 Å². The van der Waals surface area contributed by atoms with Gasteiger partial charge in [0.2, 0.25) is 5.91 Å². The molecule has 0 unspecified atom stereocenters. The van der Waals surface area contributed by atoms with E-state index in [9.17, 15) is 9.59 Å². The molecule has 0 aromatic carbocycles. The standard InChI is InChI=1S/C16H21N5O2S/c1-11-15(24-12(2)18-11)16(23)19-13-8-17-21(9-13)10-14(22)20-6-4-3-5-7-20/h8-9H,3-7,10H2,1-2H3,(H,19,23). The summed E-state index contributed by atoms with van der Waals surface area (Å²) in [5.41, 5.74) is 1.31. The van der Waals surface area contributed by atoms with Crippen LogP contribution in [0.1, 0.15) is 39.6 Å². The number of aryl methyl sites for hydroxylation is 2. The van der Waals surface area contributed by atoms with Crippen molar-refractivity contribution in [1.82, 2.24) is 19.7 Å². The Balaban J connectivity index is 1.60. The van der Waals surface area contributed by atoms with Crippen LogP contribution in [0.15, 0.2) is 12.4 Å². The van der Waals surface area contributed by atoms with Crippen LogP contribution < -0.4 is 5.32 Å². The average Bonchev–Trinajstić information content (AvgIpc) is 3.14. The molecule has 0 atom stereocenters. The summed E-state index contributed by atoms with van der Waals surface area (Å²) in [6, 6.07) is 0. The van der Waals surface area contributed by atoms with Crippen molar-refractivity contribution in [3.63, 3.8) is 0 Å². The summed E-state index contributed by atoms with van der Waals surface area (Å²) >= 11 is 1.37. The van der Waals surface area contributed by atoms with Gasteiger partial charge in [-0.25, -0.2) is 4.98 Å². The number of rotatable bonds is 4. The lowest BCUT2D eigenvalue weighted by Gasteiger charge is -2.26. The van der Waals surface area contributed by atoms with E-state index >= 15 is 0 Å². The number of nitrogens with zero attached hydrogens (tertiary/aromatic N) is 4. The van der Waals surface area contributed by atoms with E-state index in [2.05, 4.69) is 15.4 Å². The topological polar surface area (TPSA) is 80.1 Å². The molecule has 1 saturated heterocycles. The van der Waals surface area contributed by atoms with E-state index in [4.69, 9.17) is 0 Å². The van der Waals surface area contributed by atoms with E-state index in [1.807, 2.05) is 18.7 Å². The number of likely N-dealkylation sites (tertiary alicyclic amines) is 1. The highest BCUT2D eigenvalue weighted by Crippen LogP contribution is 2.19. The highest BCUT2D eigenvalue weighted by molar-refractivity contribution is 7.13. The highest BCUT2D eigenvalue weighted by Gasteiger charge is 2.18. The molecule has 7 nitrogen and oxygen atoms in total. The third-order valence-corrected chi connectivity index (χ3v) is 5.08. The van der Waals surface area contributed by atoms with Gasteiger partial charge in [-0.05, 0) is 33.1 Å². The maximum Gasteiger partial charge on any atom is 0.267 e. The molecule has 1 fully saturated rings. The highest BCUT2D eigenvalue weighted by atomic mass is 32.1. The molecule has 128 valence electrons. The number of nitrogens with one attached hydrogen (secondary N) is 1. The van der Waals surface area contributed by atoms with Gasteiger partial charge in [0.05, 0.1) is 22.6 Å². The van der Waals surface area contributed by atoms with Gasteiger partial charge in [0, 0.05) is 19.3 Å². The van der Waals surface area contributed by atoms with Crippen molar-refractivity contribution in [3.8, 4) is 0 Å². The number of thiazole rings is 1. The number of carbonyl (C=O) groups excluding carboxylic acids is 2. The molecule has 2 amide bonds. The zero-order chi connectivity index (χ0) is 17.1. The van der Waals surface area contributed by atoms with E-state index in [-0.39, 0.29) is 18.4 Å². The van der Waals surface area contributed by atoms with Crippen molar-refractivity contribution in [2.45, 2.75) is 39.7 Å². The number of hydrogen-bond donors (Lipinski definition) is 1. The van der Waals surface area contributed by atoms with Gasteiger partial charge in [0.25, 0.3) is 5.91 Å². The molecular formula is C16H21N5O2S. The van der Waals surface area contributed by atoms with Crippen LogP contribution in [0.2, 0.25) is 0 Å². The van der Waals surface area contributed by atoms with Gasteiger partial charge in [-0.1, -0.05) is 0 Å². The molecule has 1 aliphatic heterocycles. The molecule has 3 heterocycles. The summed E-state index contributed by atoms with van der Waals surface area (Å²) in [5, 5.41) is 7.84. The Kier molecular flexibility index (Phi) is 4.94. The number of carbonyl (C=O) groups is 2. The second kappa shape index (κ2) is 7.12. The summed E-state index contributed by atoms with van der Waals surface area (Å²) in [6.07, 6.45) is 6.57. The fourth-order valence-corrected chi connectivity index (χ4v) is 3.64. The fourth-order valence-electron chi connectivity index (χ4n) is 2.83. The van der Waals surface area contributed by atoms with Gasteiger partial charge in [0.15, 0.2) is 0 Å². The molecule has 2 aromatic rings. The summed E-state index contributed by atoms with van der Waals surface area (Å²) in [4.78, 5) is 31.3. The van der Waals surface area contributed by atoms with Crippen LogP contribution in [0.3, 0.4) is 0 Å². The van der Waals surface area contributed by atoms with E-state index in [0.29, 0.717) is 10.6 Å². The normalized spacial score (nSPS) is 14.7. The number of aromatic nitrogens is 3. The third-order valence-electron chi connectivity index (χ3n) is 4.01. The first-order valence-electron chi connectivity index (χ1n) is 8.08. The molecule has 8 heteroatoms. The number of piperidine rings is 1. The van der Waals surface area contributed by atoms with Crippen LogP contribution in [0.25, 0.3) is 0 Å². The summed E-state index contributed by atoms with van der Waals surface area (Å²) < 4.78 is 1.57. The Morgan fingerprint density at radius 3 is 2.67 bits per heavy atom. The zero-order valence-electron chi connectivity index (χ0n) is 13.9. The zero-order valence-corrected chi connectivity index (χ0v) is 14.7. The maximum atomic E-state index is 12.3. The van der Waals surface area contributed by atoms with Crippen molar-refractivity contribution >= 4 is 28.8 Å². The summed E-state index contributed by atoms with van der Waals surface area (Å²) in [7, 11) is 0. The second-order valence-corrected chi connectivity index (χ2v) is 7.17. The van der Waals surface area contributed by atoms with Gasteiger partial charge < -0.3 is 10.2 Å². The second-order valence-electron chi connectivity index (χ2n) is 5.97. The Bertz CT molecular complexity index is 745. The lowest BCUT2D eigenvalue weighted by Crippen LogP contribution is -2.37. The minimum Gasteiger partial charge on any atom is -0.341 e. The Hall–Kier alpha value is -2.22. The molecule has 0 saturated carbocycles. The van der Waals surface area contributed by atoms with Crippen molar-refractivity contribution in [2.75, 3.05) is 18.4 Å². The Morgan fingerprint density at radius 1 is 1.25 bits per heavy atom. The molecule has 1 N–H and O–H groups in total. The molecule has 0 radical (unpaired) electrons. The van der Waals surface area contributed by atoms with Crippen LogP contribution in [-0.4, -0.2) is 44.6 Å². The molecule has 0 spiro atoms. The maximum absolute atomic E-state index is 12.3. The van der Waals surface area contributed by atoms with Gasteiger partial charge >= 0.3 is 0 Å². The number of amides is 2. The smallest absolute Gasteiger partial charge is 0.267 e. The minimum absolute atomic E-state index is 0.0737. The lowest BCUT2D eigenvalue weighted by atomic mass is 10.1. The molecule has 3 rings (SSSR count). The Morgan fingerprint density at radius 2 is 2.00 bits per heavy atom. The van der Waals surface area contributed by atoms with E-state index in [1.165, 1.54) is 17.8 Å². The minimum atomic E-state index is -0.194. The quantitative estimate of drug-likeness (QED) is 0.920. The van der Waals surface area contributed by atoms with Crippen LogP contribution >= 0.6 is 11.3 Å². The third kappa shape index (κ3) is 3.81. The van der Waals surface area contributed by atoms with Gasteiger partial charge in [-0.15, -0.1) is 11.3 Å². The first kappa shape index (κ1) is 16.6. The van der Waals surface area contributed by atoms with E-state index in [1.54, 1.807) is 17.1 Å². The monoisotopic (exact) mass is 347 g/mol. The lowest BCUT2D eigenvalue weighted by molar-refractivity contribution is -0.132. The van der Waals surface area contributed by atoms with Crippen LogP contribution in [0, 0.1) is 13.8 Å². The SMILES string of the molecule is Cc1nc(C)c(C(=O)Nc2cnn(CC(=O)N3CCCCC3)c2)s1. The summed E-state index contributed by atoms with van der Waals surface area (Å²) in [6.45, 7) is 5.55. The van der Waals surface area contributed by atoms with E-state index < -0.39 is 0 Å². The van der Waals surface area contributed by atoms with Crippen molar-refractivity contribution in [2.24, 2.45) is 0 Å². The predicted octanol–water partition coefficient (Wildman–Crippen LogP) is 2.22. The van der Waals surface area contributed by atoms with Gasteiger partial charge in [-0.2, -0.15) is 5.10 Å². The van der Waals surface area contributed by atoms with Crippen LogP contribution in [0.5, 0.6) is 0 Å².